The van der Waals surface area contributed by atoms with E-state index in [1.54, 1.807) is 0 Å². The Labute approximate surface area is 392 Å². The number of carbonyl (C=O) groups is 3. The highest BCUT2D eigenvalue weighted by Crippen LogP contribution is 2.12. The van der Waals surface area contributed by atoms with Gasteiger partial charge < -0.3 is 14.2 Å². The average Bonchev–Trinajstić information content (AvgIpc) is 3.29. The number of unbranched alkanes of at least 4 members (excludes halogenated alkanes) is 13. The van der Waals surface area contributed by atoms with Crippen LogP contribution in [0.25, 0.3) is 0 Å². The van der Waals surface area contributed by atoms with E-state index in [-0.39, 0.29) is 31.1 Å². The van der Waals surface area contributed by atoms with Crippen LogP contribution in [0.2, 0.25) is 0 Å². The number of allylic oxidation sites excluding steroid dienone is 20. The summed E-state index contributed by atoms with van der Waals surface area (Å²) in [5, 5.41) is 0. The molecule has 0 aromatic rings. The number of esters is 3. The third kappa shape index (κ3) is 48.8. The van der Waals surface area contributed by atoms with Crippen LogP contribution in [0.15, 0.2) is 122 Å². The molecule has 0 heterocycles. The standard InChI is InChI=1S/C58H92O6/c1-4-7-10-13-16-18-20-22-24-26-27-28-29-30-31-33-34-36-38-40-42-45-48-51-57(60)63-54-55(53-62-56(59)50-47-44-15-12-9-6-3)64-58(61)52-49-46-43-41-39-37-35-32-25-23-21-19-17-14-11-8-5-2/h7-8,10-11,16-19,22-25,27-28,30-31,34-37,55H,4-6,9,12-15,20-21,26,29,32-33,38-54H2,1-3H3/b10-7-,11-8-,18-16-,19-17-,24-22-,25-23-,28-27-,31-30-,36-34-,37-35-. The summed E-state index contributed by atoms with van der Waals surface area (Å²) < 4.78 is 16.7. The molecule has 0 saturated carbocycles. The van der Waals surface area contributed by atoms with Crippen molar-refractivity contribution in [2.75, 3.05) is 13.2 Å². The number of rotatable bonds is 44. The molecule has 6 nitrogen and oxygen atoms in total. The molecule has 0 spiro atoms. The van der Waals surface area contributed by atoms with Crippen molar-refractivity contribution in [2.45, 2.75) is 213 Å². The molecule has 1 unspecified atom stereocenters. The molecule has 0 aliphatic heterocycles. The van der Waals surface area contributed by atoms with Crippen molar-refractivity contribution in [3.63, 3.8) is 0 Å². The molecular formula is C58H92O6. The zero-order valence-corrected chi connectivity index (χ0v) is 41.0. The molecule has 0 aromatic heterocycles. The number of carbonyl (C=O) groups excluding carboxylic acids is 3. The Kier molecular flexibility index (Phi) is 48.1. The average molecular weight is 885 g/mol. The van der Waals surface area contributed by atoms with E-state index in [0.29, 0.717) is 19.3 Å². The maximum absolute atomic E-state index is 12.7. The minimum atomic E-state index is -0.801. The molecule has 0 aliphatic carbocycles. The summed E-state index contributed by atoms with van der Waals surface area (Å²) in [4.78, 5) is 37.7. The molecule has 360 valence electrons. The maximum atomic E-state index is 12.7. The summed E-state index contributed by atoms with van der Waals surface area (Å²) in [5.74, 6) is -0.969. The highest BCUT2D eigenvalue weighted by atomic mass is 16.6. The van der Waals surface area contributed by atoms with Crippen molar-refractivity contribution < 1.29 is 28.6 Å². The van der Waals surface area contributed by atoms with Crippen LogP contribution in [0.3, 0.4) is 0 Å². The van der Waals surface area contributed by atoms with Gasteiger partial charge in [0.25, 0.3) is 0 Å². The molecular weight excluding hydrogens is 793 g/mol. The molecule has 0 radical (unpaired) electrons. The second kappa shape index (κ2) is 51.4. The fourth-order valence-electron chi connectivity index (χ4n) is 6.43. The molecule has 6 heteroatoms. The van der Waals surface area contributed by atoms with Crippen LogP contribution in [0.5, 0.6) is 0 Å². The lowest BCUT2D eigenvalue weighted by Crippen LogP contribution is -2.30. The first-order valence-electron chi connectivity index (χ1n) is 25.5. The van der Waals surface area contributed by atoms with Gasteiger partial charge in [-0.15, -0.1) is 0 Å². The molecule has 0 bridgehead atoms. The molecule has 0 rings (SSSR count). The van der Waals surface area contributed by atoms with E-state index in [1.165, 1.54) is 19.3 Å². The lowest BCUT2D eigenvalue weighted by molar-refractivity contribution is -0.167. The van der Waals surface area contributed by atoms with Crippen LogP contribution in [0.1, 0.15) is 207 Å². The summed E-state index contributed by atoms with van der Waals surface area (Å²) in [6.45, 7) is 6.28. The minimum Gasteiger partial charge on any atom is -0.462 e. The lowest BCUT2D eigenvalue weighted by Gasteiger charge is -2.18. The van der Waals surface area contributed by atoms with Gasteiger partial charge in [0.15, 0.2) is 6.10 Å². The first-order chi connectivity index (χ1) is 31.5. The van der Waals surface area contributed by atoms with Crippen molar-refractivity contribution in [3.8, 4) is 0 Å². The van der Waals surface area contributed by atoms with E-state index >= 15 is 0 Å². The van der Waals surface area contributed by atoms with Gasteiger partial charge in [-0.25, -0.2) is 0 Å². The fourth-order valence-corrected chi connectivity index (χ4v) is 6.43. The van der Waals surface area contributed by atoms with Crippen molar-refractivity contribution in [2.24, 2.45) is 0 Å². The maximum Gasteiger partial charge on any atom is 0.306 e. The molecule has 0 N–H and O–H groups in total. The summed E-state index contributed by atoms with van der Waals surface area (Å²) in [7, 11) is 0. The first kappa shape index (κ1) is 59.8. The molecule has 1 atom stereocenters. The first-order valence-corrected chi connectivity index (χ1v) is 25.5. The predicted octanol–water partition coefficient (Wildman–Crippen LogP) is 16.9. The fraction of sp³-hybridized carbons (Fsp3) is 0.603. The lowest BCUT2D eigenvalue weighted by atomic mass is 10.1. The monoisotopic (exact) mass is 885 g/mol. The Bertz CT molecular complexity index is 1390. The van der Waals surface area contributed by atoms with Crippen molar-refractivity contribution in [1.29, 1.82) is 0 Å². The van der Waals surface area contributed by atoms with Gasteiger partial charge in [-0.2, -0.15) is 0 Å². The van der Waals surface area contributed by atoms with E-state index in [0.717, 1.165) is 148 Å². The summed E-state index contributed by atoms with van der Waals surface area (Å²) in [6.07, 6.45) is 70.6. The molecule has 64 heavy (non-hydrogen) atoms. The quantitative estimate of drug-likeness (QED) is 0.0262. The molecule has 0 amide bonds. The molecule has 0 aromatic carbocycles. The van der Waals surface area contributed by atoms with Gasteiger partial charge in [-0.3, -0.25) is 14.4 Å². The second-order valence-corrected chi connectivity index (χ2v) is 16.3. The van der Waals surface area contributed by atoms with E-state index in [9.17, 15) is 14.4 Å². The molecule has 0 aliphatic rings. The van der Waals surface area contributed by atoms with Gasteiger partial charge in [0.2, 0.25) is 0 Å². The van der Waals surface area contributed by atoms with Crippen LogP contribution in [0.4, 0.5) is 0 Å². The van der Waals surface area contributed by atoms with E-state index in [2.05, 4.69) is 142 Å². The Hall–Kier alpha value is -4.19. The van der Waals surface area contributed by atoms with Crippen LogP contribution < -0.4 is 0 Å². The van der Waals surface area contributed by atoms with Gasteiger partial charge in [-0.1, -0.05) is 200 Å². The van der Waals surface area contributed by atoms with E-state index < -0.39 is 6.10 Å². The van der Waals surface area contributed by atoms with E-state index in [1.807, 2.05) is 0 Å². The van der Waals surface area contributed by atoms with Crippen molar-refractivity contribution in [1.82, 2.24) is 0 Å². The van der Waals surface area contributed by atoms with Gasteiger partial charge in [0.05, 0.1) is 0 Å². The Morgan fingerprint density at radius 2 is 0.609 bits per heavy atom. The smallest absolute Gasteiger partial charge is 0.306 e. The number of hydrogen-bond acceptors (Lipinski definition) is 6. The third-order valence-corrected chi connectivity index (χ3v) is 10.2. The zero-order valence-electron chi connectivity index (χ0n) is 41.0. The SMILES string of the molecule is CC/C=C\C/C=C\C/C=C\C/C=C\C/C=C\C/C=C\CCCCCCC(=O)OCC(COC(=O)CCCCCCCC)OC(=O)CCCCCC/C=C\C/C=C\C/C=C\C/C=C\CC. The number of hydrogen-bond donors (Lipinski definition) is 0. The minimum absolute atomic E-state index is 0.100. The van der Waals surface area contributed by atoms with E-state index in [4.69, 9.17) is 14.2 Å². The van der Waals surface area contributed by atoms with Crippen LogP contribution in [0, 0.1) is 0 Å². The number of ether oxygens (including phenoxy) is 3. The van der Waals surface area contributed by atoms with Crippen molar-refractivity contribution in [3.05, 3.63) is 122 Å². The highest BCUT2D eigenvalue weighted by molar-refractivity contribution is 5.71. The third-order valence-electron chi connectivity index (χ3n) is 10.2. The Morgan fingerprint density at radius 3 is 0.953 bits per heavy atom. The topological polar surface area (TPSA) is 78.9 Å². The summed E-state index contributed by atoms with van der Waals surface area (Å²) in [5.41, 5.74) is 0. The van der Waals surface area contributed by atoms with Gasteiger partial charge >= 0.3 is 17.9 Å². The second-order valence-electron chi connectivity index (χ2n) is 16.3. The van der Waals surface area contributed by atoms with Crippen LogP contribution in [-0.2, 0) is 28.6 Å². The largest absolute Gasteiger partial charge is 0.462 e. The molecule has 0 saturated heterocycles. The zero-order chi connectivity index (χ0) is 46.5. The van der Waals surface area contributed by atoms with Crippen LogP contribution >= 0.6 is 0 Å². The van der Waals surface area contributed by atoms with Crippen LogP contribution in [-0.4, -0.2) is 37.2 Å². The predicted molar refractivity (Wildman–Crippen MR) is 274 cm³/mol. The van der Waals surface area contributed by atoms with Gasteiger partial charge in [-0.05, 0) is 109 Å². The Balaban J connectivity index is 4.33. The summed E-state index contributed by atoms with van der Waals surface area (Å²) in [6, 6.07) is 0. The normalized spacial score (nSPS) is 13.1. The Morgan fingerprint density at radius 1 is 0.328 bits per heavy atom. The van der Waals surface area contributed by atoms with Gasteiger partial charge in [0.1, 0.15) is 13.2 Å². The highest BCUT2D eigenvalue weighted by Gasteiger charge is 2.19. The van der Waals surface area contributed by atoms with Gasteiger partial charge in [0, 0.05) is 19.3 Å². The molecule has 0 fully saturated rings. The summed E-state index contributed by atoms with van der Waals surface area (Å²) >= 11 is 0. The van der Waals surface area contributed by atoms with Crippen molar-refractivity contribution >= 4 is 17.9 Å².